The number of aromatic amines is 1. The van der Waals surface area contributed by atoms with E-state index in [1.165, 1.54) is 17.0 Å². The molecule has 2 aliphatic rings. The van der Waals surface area contributed by atoms with Crippen LogP contribution in [-0.4, -0.2) is 73.8 Å². The predicted molar refractivity (Wildman–Crippen MR) is 152 cm³/mol. The van der Waals surface area contributed by atoms with Crippen LogP contribution in [0.3, 0.4) is 0 Å². The zero-order valence-electron chi connectivity index (χ0n) is 24.1. The summed E-state index contributed by atoms with van der Waals surface area (Å²) in [5.74, 6) is -3.89. The van der Waals surface area contributed by atoms with Gasteiger partial charge in [-0.2, -0.15) is 13.9 Å². The van der Waals surface area contributed by atoms with E-state index in [1.807, 2.05) is 25.8 Å². The minimum absolute atomic E-state index is 0.168. The van der Waals surface area contributed by atoms with Crippen molar-refractivity contribution in [2.24, 2.45) is 0 Å². The normalized spacial score (nSPS) is 26.5. The number of ether oxygens (including phenoxy) is 1. The first-order valence-corrected chi connectivity index (χ1v) is 17.4. The van der Waals surface area contributed by atoms with E-state index in [0.29, 0.717) is 24.0 Å². The van der Waals surface area contributed by atoms with E-state index in [4.69, 9.17) is 18.2 Å². The van der Waals surface area contributed by atoms with Crippen LogP contribution in [0.4, 0.5) is 8.78 Å². The second-order valence-corrected chi connectivity index (χ2v) is 16.5. The molecule has 42 heavy (non-hydrogen) atoms. The summed E-state index contributed by atoms with van der Waals surface area (Å²) >= 11 is 0. The average Bonchev–Trinajstić information content (AvgIpc) is 3.15. The number of halogens is 2. The molecular formula is C26H37F2N4O8PSi. The third-order valence-electron chi connectivity index (χ3n) is 7.38. The van der Waals surface area contributed by atoms with Gasteiger partial charge in [-0.1, -0.05) is 39.0 Å². The summed E-state index contributed by atoms with van der Waals surface area (Å²) in [6.07, 6.45) is -3.59. The van der Waals surface area contributed by atoms with E-state index in [-0.39, 0.29) is 11.7 Å². The second kappa shape index (κ2) is 12.5. The number of para-hydroxylation sites is 1. The van der Waals surface area contributed by atoms with E-state index >= 15 is 8.78 Å². The summed E-state index contributed by atoms with van der Waals surface area (Å²) in [4.78, 5) is 40.2. The zero-order chi connectivity index (χ0) is 30.9. The summed E-state index contributed by atoms with van der Waals surface area (Å²) in [7, 11) is -5.03. The molecular weight excluding hydrogens is 593 g/mol. The highest BCUT2D eigenvalue weighted by Gasteiger charge is 2.62. The molecule has 1 aromatic heterocycles. The highest BCUT2D eigenvalue weighted by Crippen LogP contribution is 2.49. The number of rotatable bonds is 10. The van der Waals surface area contributed by atoms with Crippen molar-refractivity contribution in [2.45, 2.75) is 75.6 Å². The van der Waals surface area contributed by atoms with Crippen molar-refractivity contribution in [2.75, 3.05) is 20.2 Å². The second-order valence-electron chi connectivity index (χ2n) is 11.6. The van der Waals surface area contributed by atoms with Gasteiger partial charge in [-0.05, 0) is 36.6 Å². The molecule has 2 saturated heterocycles. The Labute approximate surface area is 243 Å². The first-order chi connectivity index (χ1) is 19.6. The highest BCUT2D eigenvalue weighted by molar-refractivity contribution is 7.52. The summed E-state index contributed by atoms with van der Waals surface area (Å²) < 4.78 is 69.6. The number of nitrogens with one attached hydrogen (secondary N) is 2. The number of H-pyrrole nitrogens is 1. The quantitative estimate of drug-likeness (QED) is 0.299. The van der Waals surface area contributed by atoms with Crippen LogP contribution >= 0.6 is 7.75 Å². The summed E-state index contributed by atoms with van der Waals surface area (Å²) in [6.45, 7) is 7.23. The molecule has 1 aromatic carbocycles. The fraction of sp³-hybridized carbons (Fsp3) is 0.577. The number of carbonyl (C=O) groups excluding carboxylic acids is 1. The van der Waals surface area contributed by atoms with E-state index in [2.05, 4.69) is 5.09 Å². The number of hydrogen-bond acceptors (Lipinski definition) is 8. The lowest BCUT2D eigenvalue weighted by atomic mass is 10.1. The van der Waals surface area contributed by atoms with Crippen LogP contribution in [0, 0.1) is 0 Å². The molecule has 4 rings (SSSR count). The first-order valence-electron chi connectivity index (χ1n) is 13.6. The fourth-order valence-electron chi connectivity index (χ4n) is 4.53. The number of amides is 1. The van der Waals surface area contributed by atoms with Crippen molar-refractivity contribution in [1.82, 2.24) is 19.5 Å². The van der Waals surface area contributed by atoms with Gasteiger partial charge in [-0.25, -0.2) is 9.36 Å². The van der Waals surface area contributed by atoms with Crippen LogP contribution in [0.1, 0.15) is 39.8 Å². The predicted octanol–water partition coefficient (Wildman–Crippen LogP) is 3.02. The highest BCUT2D eigenvalue weighted by atomic mass is 31.2. The number of alkyl halides is 2. The van der Waals surface area contributed by atoms with Crippen molar-refractivity contribution in [3.05, 3.63) is 63.4 Å². The molecule has 2 N–H and O–H groups in total. The van der Waals surface area contributed by atoms with Crippen molar-refractivity contribution in [1.29, 1.82) is 0 Å². The van der Waals surface area contributed by atoms with Crippen molar-refractivity contribution >= 4 is 22.7 Å². The number of nitrogens with zero attached hydrogens (tertiary/aromatic N) is 2. The number of piperidine rings is 1. The van der Waals surface area contributed by atoms with Crippen molar-refractivity contribution < 1.29 is 36.4 Å². The number of carbonyl (C=O) groups is 1. The molecule has 0 radical (unpaired) electrons. The molecule has 2 fully saturated rings. The number of likely N-dealkylation sites (N-methyl/N-ethyl adjacent to an activating group) is 1. The molecule has 0 spiro atoms. The monoisotopic (exact) mass is 630 g/mol. The van der Waals surface area contributed by atoms with Crippen LogP contribution in [0.2, 0.25) is 11.6 Å². The zero-order valence-corrected chi connectivity index (χ0v) is 26.2. The molecule has 12 nitrogen and oxygen atoms in total. The maximum Gasteiger partial charge on any atom is 0.459 e. The largest absolute Gasteiger partial charge is 0.459 e. The minimum atomic E-state index is -4.35. The van der Waals surface area contributed by atoms with Crippen molar-refractivity contribution in [3.63, 3.8) is 0 Å². The molecule has 0 bridgehead atoms. The average molecular weight is 631 g/mol. The van der Waals surface area contributed by atoms with Gasteiger partial charge >= 0.3 is 19.4 Å². The Balaban J connectivity index is 1.64. The SMILES string of the molecule is CN1CCCC(NP(=O)(OC[C@H]2O[C@@H](n3ccc(=O)[nH]c3=O)C(F)(F)[C@@H]2O[SiH](C)C(C)(C)C)Oc2ccccc2)C1=O. The lowest BCUT2D eigenvalue weighted by Gasteiger charge is -2.33. The third kappa shape index (κ3) is 7.26. The lowest BCUT2D eigenvalue weighted by molar-refractivity contribution is -0.137. The van der Waals surface area contributed by atoms with Crippen LogP contribution < -0.4 is 20.9 Å². The minimum Gasteiger partial charge on any atom is -0.413 e. The van der Waals surface area contributed by atoms with Crippen LogP contribution in [0.25, 0.3) is 0 Å². The van der Waals surface area contributed by atoms with Gasteiger partial charge in [-0.3, -0.25) is 23.7 Å². The van der Waals surface area contributed by atoms with Gasteiger partial charge in [0, 0.05) is 25.9 Å². The van der Waals surface area contributed by atoms with Gasteiger partial charge in [0.2, 0.25) is 12.1 Å². The summed E-state index contributed by atoms with van der Waals surface area (Å²) in [6, 6.07) is 8.13. The number of aromatic nitrogens is 2. The standard InChI is InChI=1S/C26H37F2N4O8PSi/c1-25(2,3)42(5)40-21-19(38-23(26(21,27)28)32-15-13-20(33)29-24(32)35)16-37-41(36,39-17-10-7-6-8-11-17)30-18-12-9-14-31(4)22(18)34/h6-8,10-11,13,15,18-19,21,23,42H,9,12,14,16H2,1-5H3,(H,30,36)(H,29,33,35)/t18?,19-,21-,23-,41?,42?/m1/s1. The molecule has 2 aromatic rings. The number of hydrogen-bond donors (Lipinski definition) is 2. The van der Waals surface area contributed by atoms with Gasteiger partial charge < -0.3 is 18.6 Å². The van der Waals surface area contributed by atoms with Gasteiger partial charge in [0.15, 0.2) is 9.04 Å². The van der Waals surface area contributed by atoms with Crippen molar-refractivity contribution in [3.8, 4) is 5.75 Å². The van der Waals surface area contributed by atoms with E-state index in [0.717, 1.165) is 12.3 Å². The van der Waals surface area contributed by atoms with E-state index in [1.54, 1.807) is 31.8 Å². The van der Waals surface area contributed by atoms with E-state index in [9.17, 15) is 18.9 Å². The Bertz CT molecular complexity index is 1420. The molecule has 0 aliphatic carbocycles. The van der Waals surface area contributed by atoms with Crippen LogP contribution in [0.5, 0.6) is 5.75 Å². The molecule has 3 unspecified atom stereocenters. The molecule has 16 heteroatoms. The Morgan fingerprint density at radius 2 is 1.88 bits per heavy atom. The topological polar surface area (TPSA) is 141 Å². The van der Waals surface area contributed by atoms with Gasteiger partial charge in [-0.15, -0.1) is 0 Å². The molecule has 3 heterocycles. The maximum absolute atomic E-state index is 16.0. The summed E-state index contributed by atoms with van der Waals surface area (Å²) in [5, 5.41) is 2.29. The van der Waals surface area contributed by atoms with Gasteiger partial charge in [0.1, 0.15) is 18.0 Å². The van der Waals surface area contributed by atoms with Gasteiger partial charge in [0.05, 0.1) is 12.6 Å². The molecule has 6 atom stereocenters. The molecule has 0 saturated carbocycles. The Morgan fingerprint density at radius 1 is 1.19 bits per heavy atom. The van der Waals surface area contributed by atoms with E-state index < -0.39 is 70.1 Å². The first kappa shape index (κ1) is 32.2. The maximum atomic E-state index is 16.0. The lowest BCUT2D eigenvalue weighted by Crippen LogP contribution is -2.49. The Kier molecular flexibility index (Phi) is 9.60. The third-order valence-corrected chi connectivity index (χ3v) is 12.1. The number of likely N-dealkylation sites (tertiary alicyclic amines) is 1. The number of benzene rings is 1. The smallest absolute Gasteiger partial charge is 0.413 e. The molecule has 2 aliphatic heterocycles. The fourth-order valence-corrected chi connectivity index (χ4v) is 7.28. The molecule has 232 valence electrons. The van der Waals surface area contributed by atoms with Gasteiger partial charge in [0.25, 0.3) is 5.56 Å². The molecule has 1 amide bonds. The Hall–Kier alpha value is -2.68. The summed E-state index contributed by atoms with van der Waals surface area (Å²) in [5.41, 5.74) is -1.85. The Morgan fingerprint density at radius 3 is 2.52 bits per heavy atom. The van der Waals surface area contributed by atoms with Crippen LogP contribution in [0.15, 0.2) is 52.2 Å². The van der Waals surface area contributed by atoms with Crippen LogP contribution in [-0.2, 0) is 23.0 Å².